The minimum atomic E-state index is -4.44. The SMILES string of the molecule is CCCCC/C=C\C/C=C\C/C=C\CCCCCCCCCCCCCCC(=O)NC(COP(=O)(O)OCC[N+](C)(C)C)C(/C=C\CCCCCCCCCCC)OC(=O)CCCCCCCCCCCCCCCC. The van der Waals surface area contributed by atoms with E-state index in [0.29, 0.717) is 23.9 Å². The highest BCUT2D eigenvalue weighted by atomic mass is 31.2. The van der Waals surface area contributed by atoms with Crippen LogP contribution in [-0.2, 0) is 27.9 Å². The topological polar surface area (TPSA) is 111 Å². The zero-order chi connectivity index (χ0) is 55.7. The Labute approximate surface area is 471 Å². The van der Waals surface area contributed by atoms with E-state index >= 15 is 0 Å². The molecule has 0 aromatic heterocycles. The molecular formula is C66H126N2O7P+. The Morgan fingerprint density at radius 1 is 0.461 bits per heavy atom. The van der Waals surface area contributed by atoms with Crippen LogP contribution in [0.2, 0.25) is 0 Å². The van der Waals surface area contributed by atoms with Crippen molar-refractivity contribution in [2.45, 2.75) is 322 Å². The van der Waals surface area contributed by atoms with Gasteiger partial charge in [-0.05, 0) is 70.3 Å². The molecule has 0 aliphatic rings. The summed E-state index contributed by atoms with van der Waals surface area (Å²) in [7, 11) is 1.50. The normalized spacial score (nSPS) is 13.9. The van der Waals surface area contributed by atoms with E-state index in [0.717, 1.165) is 70.6 Å². The van der Waals surface area contributed by atoms with Gasteiger partial charge in [-0.15, -0.1) is 0 Å². The molecular weight excluding hydrogens is 964 g/mol. The van der Waals surface area contributed by atoms with E-state index in [1.807, 2.05) is 33.3 Å². The van der Waals surface area contributed by atoms with Crippen molar-refractivity contribution in [2.24, 2.45) is 0 Å². The number of carbonyl (C=O) groups excluding carboxylic acids is 2. The Bertz CT molecular complexity index is 1440. The maximum atomic E-state index is 13.6. The molecule has 10 heteroatoms. The standard InChI is InChI=1S/C66H125N2O7P/c1-7-10-13-16-19-22-25-27-29-30-31-32-33-34-35-36-37-38-39-40-43-46-49-52-55-58-65(69)67-63(62-74-76(71,72)73-61-60-68(4,5)6)64(57-54-51-48-45-42-24-21-18-15-12-9-3)75-66(70)59-56-53-50-47-44-41-28-26-23-20-17-14-11-8-2/h19,22,27,29,31-32,54,57,63-64H,7-18,20-21,23-26,28,30,33-53,55-56,58-62H2,1-6H3,(H-,67,69,71,72)/p+1/b22-19-,29-27-,32-31-,57-54-. The highest BCUT2D eigenvalue weighted by Crippen LogP contribution is 2.43. The van der Waals surface area contributed by atoms with Crippen molar-refractivity contribution in [1.29, 1.82) is 0 Å². The number of unbranched alkanes of at least 4 members (excludes halogenated alkanes) is 37. The van der Waals surface area contributed by atoms with E-state index in [1.54, 1.807) is 0 Å². The molecule has 0 saturated carbocycles. The summed E-state index contributed by atoms with van der Waals surface area (Å²) in [6.45, 7) is 7.01. The molecule has 76 heavy (non-hydrogen) atoms. The summed E-state index contributed by atoms with van der Waals surface area (Å²) in [5.74, 6) is -0.496. The second kappa shape index (κ2) is 56.3. The first kappa shape index (κ1) is 74.0. The van der Waals surface area contributed by atoms with Gasteiger partial charge in [0.25, 0.3) is 0 Å². The van der Waals surface area contributed by atoms with Gasteiger partial charge in [-0.1, -0.05) is 275 Å². The highest BCUT2D eigenvalue weighted by Gasteiger charge is 2.30. The van der Waals surface area contributed by atoms with Gasteiger partial charge in [0, 0.05) is 12.8 Å². The van der Waals surface area contributed by atoms with Crippen LogP contribution in [0.3, 0.4) is 0 Å². The van der Waals surface area contributed by atoms with Gasteiger partial charge < -0.3 is 19.4 Å². The Morgan fingerprint density at radius 3 is 1.22 bits per heavy atom. The third kappa shape index (κ3) is 56.7. The lowest BCUT2D eigenvalue weighted by Crippen LogP contribution is -2.47. The van der Waals surface area contributed by atoms with E-state index in [1.165, 1.54) is 205 Å². The fourth-order valence-corrected chi connectivity index (χ4v) is 10.2. The molecule has 446 valence electrons. The third-order valence-electron chi connectivity index (χ3n) is 14.5. The smallest absolute Gasteiger partial charge is 0.456 e. The molecule has 3 unspecified atom stereocenters. The number of allylic oxidation sites excluding steroid dienone is 7. The zero-order valence-corrected chi connectivity index (χ0v) is 51.9. The maximum absolute atomic E-state index is 13.6. The number of ether oxygens (including phenoxy) is 1. The minimum Gasteiger partial charge on any atom is -0.456 e. The van der Waals surface area contributed by atoms with Gasteiger partial charge in [-0.25, -0.2) is 4.57 Å². The van der Waals surface area contributed by atoms with E-state index in [9.17, 15) is 19.0 Å². The van der Waals surface area contributed by atoms with Crippen molar-refractivity contribution in [3.05, 3.63) is 48.6 Å². The molecule has 0 aliphatic heterocycles. The first-order chi connectivity index (χ1) is 36.9. The molecule has 0 spiro atoms. The lowest BCUT2D eigenvalue weighted by atomic mass is 10.0. The van der Waals surface area contributed by atoms with Crippen LogP contribution >= 0.6 is 7.82 Å². The van der Waals surface area contributed by atoms with Crippen molar-refractivity contribution >= 4 is 19.7 Å². The summed E-state index contributed by atoms with van der Waals surface area (Å²) in [5, 5.41) is 3.06. The molecule has 2 N–H and O–H groups in total. The summed E-state index contributed by atoms with van der Waals surface area (Å²) < 4.78 is 30.7. The summed E-state index contributed by atoms with van der Waals surface area (Å²) >= 11 is 0. The minimum absolute atomic E-state index is 0.0414. The summed E-state index contributed by atoms with van der Waals surface area (Å²) in [6.07, 6.45) is 69.7. The van der Waals surface area contributed by atoms with Crippen molar-refractivity contribution in [3.63, 3.8) is 0 Å². The number of quaternary nitrogens is 1. The average Bonchev–Trinajstić information content (AvgIpc) is 3.38. The predicted octanol–water partition coefficient (Wildman–Crippen LogP) is 20.1. The molecule has 0 rings (SSSR count). The molecule has 9 nitrogen and oxygen atoms in total. The fraction of sp³-hybridized carbons (Fsp3) is 0.848. The van der Waals surface area contributed by atoms with Gasteiger partial charge >= 0.3 is 13.8 Å². The predicted molar refractivity (Wildman–Crippen MR) is 328 cm³/mol. The van der Waals surface area contributed by atoms with Gasteiger partial charge in [-0.3, -0.25) is 18.6 Å². The maximum Gasteiger partial charge on any atom is 0.472 e. The van der Waals surface area contributed by atoms with Crippen molar-refractivity contribution in [1.82, 2.24) is 5.32 Å². The van der Waals surface area contributed by atoms with Crippen molar-refractivity contribution < 1.29 is 37.3 Å². The third-order valence-corrected chi connectivity index (χ3v) is 15.5. The van der Waals surface area contributed by atoms with E-state index in [2.05, 4.69) is 62.5 Å². The number of phosphoric ester groups is 1. The molecule has 1 amide bonds. The van der Waals surface area contributed by atoms with Crippen LogP contribution < -0.4 is 5.32 Å². The van der Waals surface area contributed by atoms with Gasteiger partial charge in [0.1, 0.15) is 19.3 Å². The number of esters is 1. The Kier molecular flexibility index (Phi) is 54.7. The van der Waals surface area contributed by atoms with E-state index in [-0.39, 0.29) is 25.1 Å². The lowest BCUT2D eigenvalue weighted by Gasteiger charge is -2.27. The quantitative estimate of drug-likeness (QED) is 0.0205. The number of amides is 1. The van der Waals surface area contributed by atoms with Crippen LogP contribution in [0.1, 0.15) is 310 Å². The first-order valence-electron chi connectivity index (χ1n) is 32.5. The number of nitrogens with one attached hydrogen (secondary N) is 1. The molecule has 3 atom stereocenters. The van der Waals surface area contributed by atoms with E-state index < -0.39 is 20.0 Å². The van der Waals surface area contributed by atoms with Gasteiger partial charge in [0.2, 0.25) is 5.91 Å². The largest absolute Gasteiger partial charge is 0.472 e. The van der Waals surface area contributed by atoms with Crippen molar-refractivity contribution in [2.75, 3.05) is 40.9 Å². The molecule has 0 aromatic carbocycles. The zero-order valence-electron chi connectivity index (χ0n) is 51.0. The number of hydrogen-bond donors (Lipinski definition) is 2. The monoisotopic (exact) mass is 1090 g/mol. The van der Waals surface area contributed by atoms with Gasteiger partial charge in [0.15, 0.2) is 0 Å². The molecule has 0 aromatic rings. The summed E-state index contributed by atoms with van der Waals surface area (Å²) in [6, 6.07) is -0.846. The number of carbonyl (C=O) groups is 2. The van der Waals surface area contributed by atoms with Crippen LogP contribution in [0.25, 0.3) is 0 Å². The van der Waals surface area contributed by atoms with E-state index in [4.69, 9.17) is 13.8 Å². The van der Waals surface area contributed by atoms with Crippen molar-refractivity contribution in [3.8, 4) is 0 Å². The molecule has 0 saturated heterocycles. The molecule has 0 heterocycles. The summed E-state index contributed by atoms with van der Waals surface area (Å²) in [5.41, 5.74) is 0. The molecule has 0 radical (unpaired) electrons. The molecule has 0 aliphatic carbocycles. The average molecular weight is 1090 g/mol. The number of phosphoric acid groups is 1. The van der Waals surface area contributed by atoms with Gasteiger partial charge in [-0.2, -0.15) is 0 Å². The van der Waals surface area contributed by atoms with Crippen LogP contribution in [0.5, 0.6) is 0 Å². The number of likely N-dealkylation sites (N-methyl/N-ethyl adjacent to an activating group) is 1. The Balaban J connectivity index is 5.05. The Morgan fingerprint density at radius 2 is 0.803 bits per heavy atom. The Hall–Kier alpha value is -2.03. The lowest BCUT2D eigenvalue weighted by molar-refractivity contribution is -0.870. The van der Waals surface area contributed by atoms with Gasteiger partial charge in [0.05, 0.1) is 33.8 Å². The number of hydrogen-bond acceptors (Lipinski definition) is 6. The number of nitrogens with zero attached hydrogens (tertiary/aromatic N) is 1. The van der Waals surface area contributed by atoms with Crippen LogP contribution in [0.4, 0.5) is 0 Å². The molecule has 0 fully saturated rings. The summed E-state index contributed by atoms with van der Waals surface area (Å²) in [4.78, 5) is 37.7. The van der Waals surface area contributed by atoms with Crippen LogP contribution in [0.15, 0.2) is 48.6 Å². The van der Waals surface area contributed by atoms with Crippen LogP contribution in [0, 0.1) is 0 Å². The second-order valence-corrected chi connectivity index (χ2v) is 24.7. The van der Waals surface area contributed by atoms with Crippen LogP contribution in [-0.4, -0.2) is 74.3 Å². The first-order valence-corrected chi connectivity index (χ1v) is 34.0. The number of rotatable bonds is 59. The fourth-order valence-electron chi connectivity index (χ4n) is 9.48. The highest BCUT2D eigenvalue weighted by molar-refractivity contribution is 7.47. The molecule has 0 bridgehead atoms. The second-order valence-electron chi connectivity index (χ2n) is 23.3.